The summed E-state index contributed by atoms with van der Waals surface area (Å²) in [5.41, 5.74) is -0.0898. The van der Waals surface area contributed by atoms with Crippen LogP contribution in [0.2, 0.25) is 0 Å². The molecule has 2 aromatic carbocycles. The minimum atomic E-state index is -1.99. The van der Waals surface area contributed by atoms with E-state index in [1.807, 2.05) is 0 Å². The van der Waals surface area contributed by atoms with E-state index in [2.05, 4.69) is 6.92 Å². The molecule has 6 rings (SSSR count). The van der Waals surface area contributed by atoms with E-state index < -0.39 is 129 Å². The lowest BCUT2D eigenvalue weighted by molar-refractivity contribution is -0.357. The van der Waals surface area contributed by atoms with E-state index in [9.17, 15) is 71.2 Å². The predicted molar refractivity (Wildman–Crippen MR) is 247 cm³/mol. The molecule has 23 heteroatoms. The second kappa shape index (κ2) is 28.2. The smallest absolute Gasteiger partial charge is 0.402 e. The first-order valence-electron chi connectivity index (χ1n) is 24.5. The number of phenolic OH excluding ortho intramolecular Hbond substituents is 2. The number of hydrogen-bond acceptors (Lipinski definition) is 21. The molecule has 72 heavy (non-hydrogen) atoms. The molecule has 22 nitrogen and oxygen atoms in total. The highest BCUT2D eigenvalue weighted by Gasteiger charge is 2.52. The molecule has 0 unspecified atom stereocenters. The van der Waals surface area contributed by atoms with Gasteiger partial charge in [-0.1, -0.05) is 84.0 Å². The van der Waals surface area contributed by atoms with Gasteiger partial charge in [0, 0.05) is 24.6 Å². The number of aliphatic hydroxyl groups is 11. The summed E-state index contributed by atoms with van der Waals surface area (Å²) in [6, 6.07) is 7.35. The number of ether oxygens (including phenoxy) is 7. The Bertz CT molecular complexity index is 2130. The lowest BCUT2D eigenvalue weighted by Crippen LogP contribution is -3.00. The number of hydrogen-bond donors (Lipinski definition) is 13. The number of esters is 1. The molecule has 15 atom stereocenters. The number of unbranched alkanes of at least 4 members (excludes halogenated alkanes) is 12. The fraction of sp³-hybridized carbons (Fsp3) is 0.673. The quantitative estimate of drug-likeness (QED) is 0.0149. The second-order valence-electron chi connectivity index (χ2n) is 18.4. The van der Waals surface area contributed by atoms with Crippen LogP contribution in [-0.2, 0) is 23.7 Å². The van der Waals surface area contributed by atoms with Crippen LogP contribution in [0.25, 0.3) is 22.3 Å². The number of aliphatic hydroxyl groups excluding tert-OH is 11. The van der Waals surface area contributed by atoms with Crippen molar-refractivity contribution in [3.8, 4) is 40.1 Å². The van der Waals surface area contributed by atoms with Crippen LogP contribution in [0.15, 0.2) is 40.8 Å². The van der Waals surface area contributed by atoms with Crippen LogP contribution in [0.3, 0.4) is 0 Å². The molecule has 0 saturated carbocycles. The third-order valence-electron chi connectivity index (χ3n) is 13.0. The van der Waals surface area contributed by atoms with Gasteiger partial charge in [-0.3, -0.25) is 4.79 Å². The average Bonchev–Trinajstić information content (AvgIpc) is 3.35. The van der Waals surface area contributed by atoms with Gasteiger partial charge in [-0.2, -0.15) is 0 Å². The Labute approximate surface area is 422 Å². The molecule has 4 heterocycles. The molecule has 3 saturated heterocycles. The highest BCUT2D eigenvalue weighted by Crippen LogP contribution is 2.44. The summed E-state index contributed by atoms with van der Waals surface area (Å²) < 4.78 is 47.4. The number of aromatic hydroxyl groups is 2. The van der Waals surface area contributed by atoms with Gasteiger partial charge in [0.05, 0.1) is 31.5 Å². The van der Waals surface area contributed by atoms with Gasteiger partial charge >= 0.3 is 17.3 Å². The number of fused-ring (bicyclic) bond motifs is 1. The first kappa shape index (κ1) is 59.1. The van der Waals surface area contributed by atoms with Crippen molar-refractivity contribution in [3.05, 3.63) is 36.4 Å². The van der Waals surface area contributed by atoms with E-state index in [1.165, 1.54) is 75.6 Å². The molecule has 3 fully saturated rings. The summed E-state index contributed by atoms with van der Waals surface area (Å²) >= 11 is 0. The highest BCUT2D eigenvalue weighted by molar-refractivity contribution is 5.89. The van der Waals surface area contributed by atoms with Crippen molar-refractivity contribution in [1.29, 1.82) is 0 Å². The Morgan fingerprint density at radius 1 is 0.556 bits per heavy atom. The van der Waals surface area contributed by atoms with E-state index in [0.717, 1.165) is 37.8 Å². The van der Waals surface area contributed by atoms with Crippen LogP contribution < -0.4 is 26.6 Å². The van der Waals surface area contributed by atoms with E-state index in [-0.39, 0.29) is 58.4 Å². The first-order chi connectivity index (χ1) is 34.1. The third kappa shape index (κ3) is 14.7. The molecule has 1 aromatic heterocycles. The normalized spacial score (nSPS) is 30.7. The van der Waals surface area contributed by atoms with Gasteiger partial charge in [-0.05, 0) is 18.6 Å². The van der Waals surface area contributed by atoms with E-state index in [1.54, 1.807) is 0 Å². The van der Waals surface area contributed by atoms with E-state index >= 15 is 0 Å². The SMILES string of the molecule is CCCCCCCCCCCCCCCC(=O)Oc1cc(O[C@@H]2O[C@H](CO)[C@@H](O)[C@H](O)[C@H]2O)c2cc(O[C@@H]3O[C@H](CO)[C@@H](O)[C@H](O)[C@H]3O[C@@H]3O[C@H](CO)[C@@H](O)[C@H](O)[C@H]3O)c(-c3ccc(O)c(O)c3)[o+]c2c1.[Cl-]. The van der Waals surface area contributed by atoms with Crippen LogP contribution in [-0.4, -0.2) is 184 Å². The summed E-state index contributed by atoms with van der Waals surface area (Å²) in [6.07, 6.45) is -12.3. The second-order valence-corrected chi connectivity index (χ2v) is 18.4. The zero-order valence-corrected chi connectivity index (χ0v) is 40.8. The molecule has 3 aromatic rings. The molecule has 13 N–H and O–H groups in total. The Hall–Kier alpha value is -3.79. The number of phenols is 2. The summed E-state index contributed by atoms with van der Waals surface area (Å²) in [7, 11) is 0. The van der Waals surface area contributed by atoms with Crippen molar-refractivity contribution in [3.63, 3.8) is 0 Å². The summed E-state index contributed by atoms with van der Waals surface area (Å²) in [5, 5.41) is 137. The molecule has 0 aliphatic carbocycles. The minimum absolute atomic E-state index is 0. The van der Waals surface area contributed by atoms with Crippen molar-refractivity contribution in [2.75, 3.05) is 19.8 Å². The van der Waals surface area contributed by atoms with Crippen LogP contribution >= 0.6 is 0 Å². The van der Waals surface area contributed by atoms with Gasteiger partial charge in [0.1, 0.15) is 84.0 Å². The van der Waals surface area contributed by atoms with Crippen LogP contribution in [0, 0.1) is 0 Å². The van der Waals surface area contributed by atoms with Crippen LogP contribution in [0.4, 0.5) is 0 Å². The molecular weight excluding hydrogens is 976 g/mol. The van der Waals surface area contributed by atoms with Crippen LogP contribution in [0.1, 0.15) is 96.8 Å². The molecule has 0 radical (unpaired) electrons. The van der Waals surface area contributed by atoms with Gasteiger partial charge in [0.25, 0.3) is 0 Å². The van der Waals surface area contributed by atoms with Gasteiger partial charge in [-0.15, -0.1) is 0 Å². The van der Waals surface area contributed by atoms with Crippen molar-refractivity contribution >= 4 is 16.9 Å². The van der Waals surface area contributed by atoms with Gasteiger partial charge in [0.2, 0.25) is 18.3 Å². The zero-order chi connectivity index (χ0) is 51.4. The zero-order valence-electron chi connectivity index (χ0n) is 40.0. The van der Waals surface area contributed by atoms with Crippen molar-refractivity contribution in [2.45, 2.75) is 189 Å². The van der Waals surface area contributed by atoms with Gasteiger partial charge < -0.3 is 112 Å². The summed E-state index contributed by atoms with van der Waals surface area (Å²) in [6.45, 7) is -0.290. The third-order valence-corrected chi connectivity index (χ3v) is 13.0. The maximum atomic E-state index is 13.3. The molecular formula is C49H71ClO22. The maximum Gasteiger partial charge on any atom is 0.402 e. The lowest BCUT2D eigenvalue weighted by atomic mass is 9.97. The summed E-state index contributed by atoms with van der Waals surface area (Å²) in [4.78, 5) is 13.3. The molecule has 406 valence electrons. The van der Waals surface area contributed by atoms with Crippen molar-refractivity contribution in [2.24, 2.45) is 0 Å². The Balaban J connectivity index is 0.00000963. The number of halogens is 1. The highest BCUT2D eigenvalue weighted by atomic mass is 35.5. The standard InChI is InChI=1S/C49H70O22.ClH/c1-2-3-4-5-6-7-8-9-10-11-12-13-14-15-36(55)64-26-19-30-27(31(20-26)66-47-43(62)40(59)37(56)33(22-50)68-47)21-32(45(65-30)25-16-17-28(53)29(54)18-25)67-49-46(42(61)39(58)35(24-52)70-49)71-48-44(63)41(60)38(57)34(23-51)69-48;/h16-21,33-35,37-44,46-52,56-63H,2-15,22-24H2,1H3,(H-,53,54);1H/t33-,34-,35-,37-,38-,39-,40+,41+,42+,43-,44-,46-,47-,48+,49-;/m1./s1. The lowest BCUT2D eigenvalue weighted by Gasteiger charge is -2.45. The Morgan fingerprint density at radius 3 is 1.61 bits per heavy atom. The number of carbonyl (C=O) groups excluding carboxylic acids is 1. The van der Waals surface area contributed by atoms with Gasteiger partial charge in [-0.25, -0.2) is 4.42 Å². The molecule has 3 aliphatic heterocycles. The maximum absolute atomic E-state index is 13.3. The van der Waals surface area contributed by atoms with Crippen LogP contribution in [0.5, 0.6) is 28.7 Å². The summed E-state index contributed by atoms with van der Waals surface area (Å²) in [5.74, 6) is -2.71. The van der Waals surface area contributed by atoms with Crippen molar-refractivity contribution in [1.82, 2.24) is 0 Å². The predicted octanol–water partition coefficient (Wildman–Crippen LogP) is -1.64. The Kier molecular flexibility index (Phi) is 23.1. The Morgan fingerprint density at radius 2 is 1.06 bits per heavy atom. The van der Waals surface area contributed by atoms with Crippen molar-refractivity contribution < 1.29 is 121 Å². The number of rotatable bonds is 25. The number of carbonyl (C=O) groups is 1. The fourth-order valence-corrected chi connectivity index (χ4v) is 8.79. The molecule has 0 spiro atoms. The fourth-order valence-electron chi connectivity index (χ4n) is 8.79. The van der Waals surface area contributed by atoms with E-state index in [4.69, 9.17) is 37.6 Å². The molecule has 0 amide bonds. The van der Waals surface area contributed by atoms with Gasteiger partial charge in [0.15, 0.2) is 23.9 Å². The molecule has 0 bridgehead atoms. The molecule has 3 aliphatic rings. The topological polar surface area (TPSA) is 356 Å². The first-order valence-corrected chi connectivity index (χ1v) is 24.5. The average molecular weight is 1050 g/mol. The monoisotopic (exact) mass is 1050 g/mol. The number of benzene rings is 2. The largest absolute Gasteiger partial charge is 1.00 e. The minimum Gasteiger partial charge on any atom is -1.00 e. The van der Waals surface area contributed by atoms with E-state index in [0.29, 0.717) is 6.42 Å².